The zero-order valence-electron chi connectivity index (χ0n) is 8.94. The highest BCUT2D eigenvalue weighted by Gasteiger charge is 1.99. The Morgan fingerprint density at radius 3 is 2.33 bits per heavy atom. The average Bonchev–Trinajstić information content (AvgIpc) is 2.05. The highest BCUT2D eigenvalue weighted by Crippen LogP contribution is 2.11. The summed E-state index contributed by atoms with van der Waals surface area (Å²) in [5.74, 6) is 0.889. The number of hydrogen-bond donors (Lipinski definition) is 0. The monoisotopic (exact) mass is 172 g/mol. The Bertz CT molecular complexity index is 81.1. The summed E-state index contributed by atoms with van der Waals surface area (Å²) >= 11 is 0. The molecule has 0 spiro atoms. The highest BCUT2D eigenvalue weighted by atomic mass is 16.5. The molecule has 0 aliphatic rings. The van der Waals surface area contributed by atoms with E-state index in [0.29, 0.717) is 0 Å². The maximum absolute atomic E-state index is 5.41. The molecule has 0 aromatic carbocycles. The van der Waals surface area contributed by atoms with Crippen LogP contribution in [0.4, 0.5) is 0 Å². The Kier molecular flexibility index (Phi) is 9.02. The molecule has 0 saturated carbocycles. The molecule has 1 heteroatoms. The third-order valence-corrected chi connectivity index (χ3v) is 2.12. The molecule has 0 saturated heterocycles. The number of ether oxygens (including phenoxy) is 1. The smallest absolute Gasteiger partial charge is 0.0466 e. The van der Waals surface area contributed by atoms with E-state index in [1.54, 1.807) is 0 Å². The summed E-state index contributed by atoms with van der Waals surface area (Å²) in [6.45, 7) is 8.64. The third kappa shape index (κ3) is 8.06. The van der Waals surface area contributed by atoms with Crippen LogP contribution >= 0.6 is 0 Å². The lowest BCUT2D eigenvalue weighted by Crippen LogP contribution is -1.99. The van der Waals surface area contributed by atoms with Gasteiger partial charge in [0.1, 0.15) is 0 Å². The van der Waals surface area contributed by atoms with Crippen molar-refractivity contribution in [2.75, 3.05) is 13.2 Å². The quantitative estimate of drug-likeness (QED) is 0.508. The molecular formula is C11H24O. The molecular weight excluding hydrogens is 148 g/mol. The first-order chi connectivity index (χ1) is 5.81. The van der Waals surface area contributed by atoms with Gasteiger partial charge in [0.15, 0.2) is 0 Å². The van der Waals surface area contributed by atoms with Gasteiger partial charge in [0, 0.05) is 13.2 Å². The Balaban J connectivity index is 2.97. The van der Waals surface area contributed by atoms with Crippen LogP contribution in [-0.2, 0) is 4.74 Å². The van der Waals surface area contributed by atoms with E-state index in [-0.39, 0.29) is 0 Å². The van der Waals surface area contributed by atoms with Crippen molar-refractivity contribution < 1.29 is 4.74 Å². The van der Waals surface area contributed by atoms with Crippen LogP contribution in [0.1, 0.15) is 52.9 Å². The van der Waals surface area contributed by atoms with Gasteiger partial charge in [0.25, 0.3) is 0 Å². The standard InChI is InChI=1S/C11H24O/c1-4-7-11(3)8-6-10-12-9-5-2/h11H,4-10H2,1-3H3. The minimum Gasteiger partial charge on any atom is -0.381 e. The van der Waals surface area contributed by atoms with Gasteiger partial charge in [0.05, 0.1) is 0 Å². The largest absolute Gasteiger partial charge is 0.381 e. The lowest BCUT2D eigenvalue weighted by molar-refractivity contribution is 0.127. The van der Waals surface area contributed by atoms with Gasteiger partial charge in [-0.3, -0.25) is 0 Å². The maximum Gasteiger partial charge on any atom is 0.0466 e. The SMILES string of the molecule is CCCOCCCC(C)CCC. The second-order valence-corrected chi connectivity index (χ2v) is 3.65. The molecule has 0 aromatic rings. The lowest BCUT2D eigenvalue weighted by atomic mass is 10.0. The van der Waals surface area contributed by atoms with E-state index in [1.807, 2.05) is 0 Å². The summed E-state index contributed by atoms with van der Waals surface area (Å²) in [7, 11) is 0. The fraction of sp³-hybridized carbons (Fsp3) is 1.00. The highest BCUT2D eigenvalue weighted by molar-refractivity contribution is 4.51. The Hall–Kier alpha value is -0.0400. The van der Waals surface area contributed by atoms with Gasteiger partial charge in [-0.15, -0.1) is 0 Å². The molecule has 0 aliphatic carbocycles. The first kappa shape index (κ1) is 12.0. The molecule has 0 aromatic heterocycles. The Morgan fingerprint density at radius 1 is 1.00 bits per heavy atom. The molecule has 12 heavy (non-hydrogen) atoms. The molecule has 0 rings (SSSR count). The second-order valence-electron chi connectivity index (χ2n) is 3.65. The molecule has 0 heterocycles. The van der Waals surface area contributed by atoms with E-state index in [0.717, 1.165) is 25.6 Å². The van der Waals surface area contributed by atoms with Gasteiger partial charge in [0.2, 0.25) is 0 Å². The average molecular weight is 172 g/mol. The molecule has 0 bridgehead atoms. The van der Waals surface area contributed by atoms with E-state index < -0.39 is 0 Å². The van der Waals surface area contributed by atoms with Crippen LogP contribution in [0.15, 0.2) is 0 Å². The van der Waals surface area contributed by atoms with Gasteiger partial charge in [-0.1, -0.05) is 33.6 Å². The molecule has 0 amide bonds. The summed E-state index contributed by atoms with van der Waals surface area (Å²) < 4.78 is 5.41. The fourth-order valence-electron chi connectivity index (χ4n) is 1.42. The van der Waals surface area contributed by atoms with Gasteiger partial charge in [-0.05, 0) is 25.2 Å². The summed E-state index contributed by atoms with van der Waals surface area (Å²) in [5.41, 5.74) is 0. The van der Waals surface area contributed by atoms with Crippen molar-refractivity contribution in [2.24, 2.45) is 5.92 Å². The van der Waals surface area contributed by atoms with Crippen molar-refractivity contribution in [3.63, 3.8) is 0 Å². The van der Waals surface area contributed by atoms with Gasteiger partial charge >= 0.3 is 0 Å². The lowest BCUT2D eigenvalue weighted by Gasteiger charge is -2.09. The fourth-order valence-corrected chi connectivity index (χ4v) is 1.42. The normalized spacial score (nSPS) is 13.2. The summed E-state index contributed by atoms with van der Waals surface area (Å²) in [4.78, 5) is 0. The zero-order valence-corrected chi connectivity index (χ0v) is 8.94. The van der Waals surface area contributed by atoms with Crippen molar-refractivity contribution in [2.45, 2.75) is 52.9 Å². The Labute approximate surface area is 77.5 Å². The molecule has 1 nitrogen and oxygen atoms in total. The summed E-state index contributed by atoms with van der Waals surface area (Å²) in [5, 5.41) is 0. The molecule has 0 radical (unpaired) electrons. The minimum atomic E-state index is 0.889. The second kappa shape index (κ2) is 9.05. The summed E-state index contributed by atoms with van der Waals surface area (Å²) in [6.07, 6.45) is 6.40. The van der Waals surface area contributed by atoms with Gasteiger partial charge in [-0.25, -0.2) is 0 Å². The van der Waals surface area contributed by atoms with Crippen LogP contribution in [0.5, 0.6) is 0 Å². The van der Waals surface area contributed by atoms with Crippen molar-refractivity contribution in [3.8, 4) is 0 Å². The van der Waals surface area contributed by atoms with Crippen LogP contribution in [0, 0.1) is 5.92 Å². The number of hydrogen-bond acceptors (Lipinski definition) is 1. The zero-order chi connectivity index (χ0) is 9.23. The van der Waals surface area contributed by atoms with Crippen LogP contribution in [0.3, 0.4) is 0 Å². The van der Waals surface area contributed by atoms with Crippen LogP contribution in [-0.4, -0.2) is 13.2 Å². The van der Waals surface area contributed by atoms with Crippen LogP contribution < -0.4 is 0 Å². The molecule has 74 valence electrons. The van der Waals surface area contributed by atoms with Crippen molar-refractivity contribution in [3.05, 3.63) is 0 Å². The first-order valence-electron chi connectivity index (χ1n) is 5.39. The predicted molar refractivity (Wildman–Crippen MR) is 54.4 cm³/mol. The minimum absolute atomic E-state index is 0.889. The Morgan fingerprint density at radius 2 is 1.75 bits per heavy atom. The van der Waals surface area contributed by atoms with Gasteiger partial charge < -0.3 is 4.74 Å². The summed E-state index contributed by atoms with van der Waals surface area (Å²) in [6, 6.07) is 0. The van der Waals surface area contributed by atoms with Crippen LogP contribution in [0.2, 0.25) is 0 Å². The van der Waals surface area contributed by atoms with Crippen molar-refractivity contribution >= 4 is 0 Å². The topological polar surface area (TPSA) is 9.23 Å². The molecule has 0 N–H and O–H groups in total. The molecule has 1 atom stereocenters. The predicted octanol–water partition coefficient (Wildman–Crippen LogP) is 3.63. The molecule has 1 unspecified atom stereocenters. The first-order valence-corrected chi connectivity index (χ1v) is 5.39. The van der Waals surface area contributed by atoms with E-state index in [9.17, 15) is 0 Å². The van der Waals surface area contributed by atoms with E-state index >= 15 is 0 Å². The van der Waals surface area contributed by atoms with Crippen LogP contribution in [0.25, 0.3) is 0 Å². The van der Waals surface area contributed by atoms with E-state index in [2.05, 4.69) is 20.8 Å². The van der Waals surface area contributed by atoms with Gasteiger partial charge in [-0.2, -0.15) is 0 Å². The molecule has 0 fully saturated rings. The number of rotatable bonds is 8. The van der Waals surface area contributed by atoms with E-state index in [1.165, 1.54) is 25.7 Å². The van der Waals surface area contributed by atoms with Crippen molar-refractivity contribution in [1.82, 2.24) is 0 Å². The maximum atomic E-state index is 5.41. The van der Waals surface area contributed by atoms with E-state index in [4.69, 9.17) is 4.74 Å². The van der Waals surface area contributed by atoms with Crippen molar-refractivity contribution in [1.29, 1.82) is 0 Å². The third-order valence-electron chi connectivity index (χ3n) is 2.12. The molecule has 0 aliphatic heterocycles.